The molecule has 1 saturated heterocycles. The third-order valence-electron chi connectivity index (χ3n) is 6.50. The number of halogens is 2. The maximum Gasteiger partial charge on any atom is 0.199 e. The van der Waals surface area contributed by atoms with Crippen LogP contribution in [0.15, 0.2) is 66.7 Å². The summed E-state index contributed by atoms with van der Waals surface area (Å²) in [5.41, 5.74) is 4.60. The Hall–Kier alpha value is -3.48. The van der Waals surface area contributed by atoms with Gasteiger partial charge in [0.25, 0.3) is 0 Å². The number of fused-ring (bicyclic) bond motifs is 1. The van der Waals surface area contributed by atoms with Crippen LogP contribution in [0, 0.1) is 11.6 Å². The molecule has 3 aromatic carbocycles. The molecule has 2 unspecified atom stereocenters. The molecule has 0 amide bonds. The molecule has 0 aliphatic carbocycles. The van der Waals surface area contributed by atoms with E-state index in [9.17, 15) is 8.78 Å². The minimum atomic E-state index is -0.643. The number of aliphatic hydroxyl groups is 1. The molecule has 36 heavy (non-hydrogen) atoms. The molecule has 2 heterocycles. The summed E-state index contributed by atoms with van der Waals surface area (Å²) in [6.45, 7) is 2.58. The number of benzene rings is 3. The van der Waals surface area contributed by atoms with Crippen LogP contribution in [0.4, 0.5) is 8.78 Å². The summed E-state index contributed by atoms with van der Waals surface area (Å²) in [5.74, 6) is -0.00115. The van der Waals surface area contributed by atoms with E-state index < -0.39 is 17.7 Å². The lowest BCUT2D eigenvalue weighted by Crippen LogP contribution is -2.25. The molecule has 2 atom stereocenters. The summed E-state index contributed by atoms with van der Waals surface area (Å²) in [6, 6.07) is 16.8. The molecule has 5 rings (SSSR count). The van der Waals surface area contributed by atoms with Crippen molar-refractivity contribution in [2.24, 2.45) is 0 Å². The van der Waals surface area contributed by atoms with Gasteiger partial charge >= 0.3 is 0 Å². The van der Waals surface area contributed by atoms with E-state index in [1.807, 2.05) is 55.5 Å². The highest BCUT2D eigenvalue weighted by molar-refractivity contribution is 5.95. The highest BCUT2D eigenvalue weighted by atomic mass is 19.1. The lowest BCUT2D eigenvalue weighted by atomic mass is 9.86. The van der Waals surface area contributed by atoms with Crippen molar-refractivity contribution in [3.05, 3.63) is 101 Å². The smallest absolute Gasteiger partial charge is 0.199 e. The molecule has 0 radical (unpaired) electrons. The number of hydrogen-bond donors (Lipinski definition) is 1. The van der Waals surface area contributed by atoms with E-state index in [2.05, 4.69) is 0 Å². The first kappa shape index (κ1) is 24.2. The predicted molar refractivity (Wildman–Crippen MR) is 135 cm³/mol. The van der Waals surface area contributed by atoms with Gasteiger partial charge in [0.1, 0.15) is 29.2 Å². The topological polar surface area (TPSA) is 47.9 Å². The van der Waals surface area contributed by atoms with Crippen molar-refractivity contribution in [3.63, 3.8) is 0 Å². The summed E-state index contributed by atoms with van der Waals surface area (Å²) < 4.78 is 46.7. The Morgan fingerprint density at radius 3 is 2.47 bits per heavy atom. The Morgan fingerprint density at radius 1 is 1.00 bits per heavy atom. The lowest BCUT2D eigenvalue weighted by molar-refractivity contribution is -0.105. The zero-order valence-electron chi connectivity index (χ0n) is 20.0. The van der Waals surface area contributed by atoms with Gasteiger partial charge in [0, 0.05) is 29.7 Å². The molecule has 0 bridgehead atoms. The largest absolute Gasteiger partial charge is 0.480 e. The molecule has 2 aliphatic heterocycles. The van der Waals surface area contributed by atoms with Gasteiger partial charge in [-0.2, -0.15) is 0 Å². The maximum atomic E-state index is 14.2. The van der Waals surface area contributed by atoms with Gasteiger partial charge in [0.15, 0.2) is 6.29 Å². The standard InChI is InChI=1S/C30H28F2O4/c1-19-26-12-11-25(35-28-6-2-3-14-34-28)18-27(26)36-30(21-9-7-20(8-10-21)5-4-13-33)29(19)22-15-23(31)17-24(32)16-22/h4-5,7-12,15-18,28,30,33H,2-3,6,13-14H2,1H3/b5-4+. The van der Waals surface area contributed by atoms with E-state index in [0.717, 1.165) is 47.6 Å². The van der Waals surface area contributed by atoms with Gasteiger partial charge in [-0.05, 0) is 66.3 Å². The van der Waals surface area contributed by atoms with E-state index in [-0.39, 0.29) is 12.9 Å². The Kier molecular flexibility index (Phi) is 7.16. The average Bonchev–Trinajstić information content (AvgIpc) is 2.87. The third kappa shape index (κ3) is 5.20. The highest BCUT2D eigenvalue weighted by Gasteiger charge is 2.30. The second-order valence-corrected chi connectivity index (χ2v) is 9.02. The highest BCUT2D eigenvalue weighted by Crippen LogP contribution is 2.47. The third-order valence-corrected chi connectivity index (χ3v) is 6.50. The molecule has 0 spiro atoms. The van der Waals surface area contributed by atoms with Gasteiger partial charge in [-0.3, -0.25) is 0 Å². The zero-order chi connectivity index (χ0) is 25.1. The van der Waals surface area contributed by atoms with Crippen LogP contribution < -0.4 is 9.47 Å². The van der Waals surface area contributed by atoms with Crippen molar-refractivity contribution in [2.75, 3.05) is 13.2 Å². The fourth-order valence-electron chi connectivity index (χ4n) is 4.75. The predicted octanol–water partition coefficient (Wildman–Crippen LogP) is 6.94. The van der Waals surface area contributed by atoms with Crippen LogP contribution in [-0.2, 0) is 4.74 Å². The first-order valence-electron chi connectivity index (χ1n) is 12.2. The van der Waals surface area contributed by atoms with Crippen molar-refractivity contribution in [1.82, 2.24) is 0 Å². The van der Waals surface area contributed by atoms with E-state index in [4.69, 9.17) is 19.3 Å². The number of ether oxygens (including phenoxy) is 3. The Balaban J connectivity index is 1.56. The molecule has 2 aliphatic rings. The SMILES string of the molecule is CC1=C(c2cc(F)cc(F)c2)C(c2ccc(/C=C/CO)cc2)Oc2cc(OC3CCCCO3)ccc21. The van der Waals surface area contributed by atoms with E-state index >= 15 is 0 Å². The summed E-state index contributed by atoms with van der Waals surface area (Å²) in [4.78, 5) is 0. The van der Waals surface area contributed by atoms with Crippen LogP contribution in [-0.4, -0.2) is 24.6 Å². The second-order valence-electron chi connectivity index (χ2n) is 9.02. The van der Waals surface area contributed by atoms with E-state index in [1.165, 1.54) is 12.1 Å². The van der Waals surface area contributed by atoms with Crippen molar-refractivity contribution >= 4 is 17.2 Å². The number of aliphatic hydroxyl groups excluding tert-OH is 1. The zero-order valence-corrected chi connectivity index (χ0v) is 20.0. The Morgan fingerprint density at radius 2 is 1.78 bits per heavy atom. The normalized spacial score (nSPS) is 19.8. The first-order valence-corrected chi connectivity index (χ1v) is 12.2. The molecule has 0 saturated carbocycles. The average molecular weight is 491 g/mol. The van der Waals surface area contributed by atoms with Crippen LogP contribution in [0.1, 0.15) is 54.5 Å². The maximum absolute atomic E-state index is 14.2. The summed E-state index contributed by atoms with van der Waals surface area (Å²) >= 11 is 0. The van der Waals surface area contributed by atoms with Gasteiger partial charge in [0.2, 0.25) is 0 Å². The fourth-order valence-corrected chi connectivity index (χ4v) is 4.75. The van der Waals surface area contributed by atoms with Crippen LogP contribution in [0.3, 0.4) is 0 Å². The van der Waals surface area contributed by atoms with Crippen molar-refractivity contribution in [2.45, 2.75) is 38.6 Å². The second kappa shape index (κ2) is 10.6. The first-order chi connectivity index (χ1) is 17.5. The monoisotopic (exact) mass is 490 g/mol. The molecule has 3 aromatic rings. The minimum absolute atomic E-state index is 0.0439. The summed E-state index contributed by atoms with van der Waals surface area (Å²) in [5, 5.41) is 9.05. The molecule has 4 nitrogen and oxygen atoms in total. The van der Waals surface area contributed by atoms with Gasteiger partial charge < -0.3 is 19.3 Å². The lowest BCUT2D eigenvalue weighted by Gasteiger charge is -2.32. The number of hydrogen-bond acceptors (Lipinski definition) is 4. The molecule has 1 fully saturated rings. The van der Waals surface area contributed by atoms with Crippen LogP contribution in [0.5, 0.6) is 11.5 Å². The van der Waals surface area contributed by atoms with Gasteiger partial charge in [-0.25, -0.2) is 8.78 Å². The van der Waals surface area contributed by atoms with Gasteiger partial charge in [-0.1, -0.05) is 36.4 Å². The molecular weight excluding hydrogens is 462 g/mol. The van der Waals surface area contributed by atoms with Crippen molar-refractivity contribution < 1.29 is 28.1 Å². The molecule has 6 heteroatoms. The quantitative estimate of drug-likeness (QED) is 0.407. The fraction of sp³-hybridized carbons (Fsp3) is 0.267. The van der Waals surface area contributed by atoms with E-state index in [1.54, 1.807) is 6.08 Å². The summed E-state index contributed by atoms with van der Waals surface area (Å²) in [7, 11) is 0. The Labute approximate surface area is 209 Å². The van der Waals surface area contributed by atoms with Gasteiger partial charge in [-0.15, -0.1) is 0 Å². The summed E-state index contributed by atoms with van der Waals surface area (Å²) in [6.07, 6.45) is 5.55. The van der Waals surface area contributed by atoms with Crippen molar-refractivity contribution in [3.8, 4) is 11.5 Å². The number of allylic oxidation sites excluding steroid dienone is 1. The van der Waals surface area contributed by atoms with Crippen molar-refractivity contribution in [1.29, 1.82) is 0 Å². The van der Waals surface area contributed by atoms with Crippen LogP contribution in [0.25, 0.3) is 17.2 Å². The Bertz CT molecular complexity index is 1270. The van der Waals surface area contributed by atoms with Crippen LogP contribution in [0.2, 0.25) is 0 Å². The van der Waals surface area contributed by atoms with Crippen LogP contribution >= 0.6 is 0 Å². The molecular formula is C30H28F2O4. The minimum Gasteiger partial charge on any atom is -0.480 e. The molecule has 1 N–H and O–H groups in total. The van der Waals surface area contributed by atoms with E-state index in [0.29, 0.717) is 29.2 Å². The molecule has 0 aromatic heterocycles. The van der Waals surface area contributed by atoms with Gasteiger partial charge in [0.05, 0.1) is 13.2 Å². The molecule has 186 valence electrons. The number of rotatable bonds is 6.